The van der Waals surface area contributed by atoms with Crippen molar-refractivity contribution >= 4 is 18.0 Å². The lowest BCUT2D eigenvalue weighted by Crippen LogP contribution is -2.35. The number of alkyl carbamates (subject to hydrolysis) is 1. The van der Waals surface area contributed by atoms with Crippen LogP contribution in [0.15, 0.2) is 48.5 Å². The number of carbonyl (C=O) groups is 3. The van der Waals surface area contributed by atoms with Crippen molar-refractivity contribution in [2.45, 2.75) is 38.5 Å². The Hall–Kier alpha value is -3.35. The van der Waals surface area contributed by atoms with Crippen LogP contribution in [0.25, 0.3) is 11.1 Å². The molecular formula is C25H30N2O5. The molecule has 0 aromatic heterocycles. The molecule has 0 saturated heterocycles. The lowest BCUT2D eigenvalue weighted by molar-refractivity contribution is -0.137. The molecule has 0 aliphatic heterocycles. The number of ether oxygens (including phenoxy) is 1. The Balaban J connectivity index is 1.43. The number of unbranched alkanes of at least 4 members (excludes halogenated alkanes) is 1. The van der Waals surface area contributed by atoms with Crippen molar-refractivity contribution in [1.29, 1.82) is 0 Å². The van der Waals surface area contributed by atoms with Crippen molar-refractivity contribution in [3.05, 3.63) is 59.7 Å². The molecule has 2 aromatic carbocycles. The molecule has 2 amide bonds. The van der Waals surface area contributed by atoms with E-state index in [1.165, 1.54) is 11.1 Å². The van der Waals surface area contributed by atoms with Crippen LogP contribution >= 0.6 is 0 Å². The van der Waals surface area contributed by atoms with Gasteiger partial charge in [0.1, 0.15) is 6.61 Å². The quantitative estimate of drug-likeness (QED) is 0.517. The number of fused-ring (bicyclic) bond motifs is 3. The SMILES string of the molecule is CCN(CCCCC(=O)O)C(=O)CCNC(=O)OCC1c2ccccc2-c2ccccc21. The van der Waals surface area contributed by atoms with Gasteiger partial charge in [-0.25, -0.2) is 4.79 Å². The Morgan fingerprint density at radius 2 is 1.59 bits per heavy atom. The first-order chi connectivity index (χ1) is 15.5. The number of carbonyl (C=O) groups excluding carboxylic acids is 2. The molecular weight excluding hydrogens is 408 g/mol. The van der Waals surface area contributed by atoms with Gasteiger partial charge in [0.2, 0.25) is 5.91 Å². The van der Waals surface area contributed by atoms with Gasteiger partial charge < -0.3 is 20.1 Å². The van der Waals surface area contributed by atoms with Crippen LogP contribution in [0, 0.1) is 0 Å². The summed E-state index contributed by atoms with van der Waals surface area (Å²) in [7, 11) is 0. The van der Waals surface area contributed by atoms with Crippen molar-refractivity contribution in [2.75, 3.05) is 26.2 Å². The summed E-state index contributed by atoms with van der Waals surface area (Å²) in [6.07, 6.45) is 0.929. The second-order valence-corrected chi connectivity index (χ2v) is 7.83. The topological polar surface area (TPSA) is 95.9 Å². The molecule has 2 aromatic rings. The first-order valence-corrected chi connectivity index (χ1v) is 11.1. The summed E-state index contributed by atoms with van der Waals surface area (Å²) in [4.78, 5) is 36.8. The number of benzene rings is 2. The first kappa shape index (κ1) is 23.3. The van der Waals surface area contributed by atoms with E-state index in [1.54, 1.807) is 4.90 Å². The number of rotatable bonds is 11. The molecule has 0 radical (unpaired) electrons. The molecule has 0 bridgehead atoms. The van der Waals surface area contributed by atoms with Crippen LogP contribution in [-0.2, 0) is 14.3 Å². The van der Waals surface area contributed by atoms with Gasteiger partial charge in [-0.2, -0.15) is 0 Å². The molecule has 7 nitrogen and oxygen atoms in total. The fourth-order valence-electron chi connectivity index (χ4n) is 4.12. The van der Waals surface area contributed by atoms with E-state index in [-0.39, 0.29) is 37.8 Å². The zero-order valence-electron chi connectivity index (χ0n) is 18.4. The second kappa shape index (κ2) is 11.3. The second-order valence-electron chi connectivity index (χ2n) is 7.83. The van der Waals surface area contributed by atoms with Crippen LogP contribution in [0.1, 0.15) is 49.7 Å². The Morgan fingerprint density at radius 3 is 2.19 bits per heavy atom. The molecule has 32 heavy (non-hydrogen) atoms. The lowest BCUT2D eigenvalue weighted by atomic mass is 9.98. The molecule has 0 spiro atoms. The van der Waals surface area contributed by atoms with Crippen LogP contribution in [0.4, 0.5) is 4.79 Å². The highest BCUT2D eigenvalue weighted by molar-refractivity contribution is 5.79. The number of carboxylic acid groups (broad SMARTS) is 1. The standard InChI is InChI=1S/C25H30N2O5/c1-2-27(16-8-7-13-24(29)30)23(28)14-15-26-25(31)32-17-22-20-11-5-3-9-18(20)19-10-4-6-12-21(19)22/h3-6,9-12,22H,2,7-8,13-17H2,1H3,(H,26,31)(H,29,30). The van der Waals surface area contributed by atoms with Crippen molar-refractivity contribution in [3.8, 4) is 11.1 Å². The predicted octanol–water partition coefficient (Wildman–Crippen LogP) is 4.02. The average Bonchev–Trinajstić information content (AvgIpc) is 3.11. The van der Waals surface area contributed by atoms with E-state index in [9.17, 15) is 14.4 Å². The molecule has 1 aliphatic carbocycles. The summed E-state index contributed by atoms with van der Waals surface area (Å²) in [5.41, 5.74) is 4.65. The number of hydrogen-bond donors (Lipinski definition) is 2. The maximum absolute atomic E-state index is 12.3. The van der Waals surface area contributed by atoms with Gasteiger partial charge in [0.15, 0.2) is 0 Å². The van der Waals surface area contributed by atoms with E-state index in [4.69, 9.17) is 9.84 Å². The Bertz CT molecular complexity index is 913. The highest BCUT2D eigenvalue weighted by atomic mass is 16.5. The summed E-state index contributed by atoms with van der Waals surface area (Å²) in [5, 5.41) is 11.4. The molecule has 1 aliphatic rings. The number of aliphatic carboxylic acids is 1. The normalized spacial score (nSPS) is 12.0. The molecule has 0 heterocycles. The van der Waals surface area contributed by atoms with Gasteiger partial charge in [0, 0.05) is 38.4 Å². The van der Waals surface area contributed by atoms with Crippen LogP contribution in [-0.4, -0.2) is 54.2 Å². The maximum atomic E-state index is 12.3. The average molecular weight is 439 g/mol. The summed E-state index contributed by atoms with van der Waals surface area (Å²) in [6, 6.07) is 16.3. The van der Waals surface area contributed by atoms with Crippen LogP contribution in [0.2, 0.25) is 0 Å². The number of nitrogens with zero attached hydrogens (tertiary/aromatic N) is 1. The monoisotopic (exact) mass is 438 g/mol. The van der Waals surface area contributed by atoms with E-state index < -0.39 is 12.1 Å². The molecule has 0 unspecified atom stereocenters. The minimum absolute atomic E-state index is 0.00355. The molecule has 0 saturated carbocycles. The summed E-state index contributed by atoms with van der Waals surface area (Å²) >= 11 is 0. The lowest BCUT2D eigenvalue weighted by Gasteiger charge is -2.21. The van der Waals surface area contributed by atoms with E-state index >= 15 is 0 Å². The minimum Gasteiger partial charge on any atom is -0.481 e. The van der Waals surface area contributed by atoms with Crippen molar-refractivity contribution in [1.82, 2.24) is 10.2 Å². The fourth-order valence-corrected chi connectivity index (χ4v) is 4.12. The summed E-state index contributed by atoms with van der Waals surface area (Å²) in [5.74, 6) is -0.899. The highest BCUT2D eigenvalue weighted by Gasteiger charge is 2.29. The largest absolute Gasteiger partial charge is 0.481 e. The van der Waals surface area contributed by atoms with E-state index in [2.05, 4.69) is 29.6 Å². The smallest absolute Gasteiger partial charge is 0.407 e. The number of nitrogens with one attached hydrogen (secondary N) is 1. The summed E-state index contributed by atoms with van der Waals surface area (Å²) in [6.45, 7) is 3.39. The van der Waals surface area contributed by atoms with Gasteiger partial charge in [-0.3, -0.25) is 9.59 Å². The van der Waals surface area contributed by atoms with Gasteiger partial charge in [-0.05, 0) is 42.0 Å². The number of carboxylic acids is 1. The van der Waals surface area contributed by atoms with Crippen LogP contribution in [0.3, 0.4) is 0 Å². The molecule has 7 heteroatoms. The molecule has 2 N–H and O–H groups in total. The third kappa shape index (κ3) is 5.87. The van der Waals surface area contributed by atoms with Gasteiger partial charge >= 0.3 is 12.1 Å². The third-order valence-electron chi connectivity index (χ3n) is 5.75. The van der Waals surface area contributed by atoms with E-state index in [1.807, 2.05) is 31.2 Å². The van der Waals surface area contributed by atoms with E-state index in [0.29, 0.717) is 25.9 Å². The van der Waals surface area contributed by atoms with Crippen molar-refractivity contribution in [3.63, 3.8) is 0 Å². The molecule has 0 atom stereocenters. The number of amides is 2. The van der Waals surface area contributed by atoms with Gasteiger partial charge in [0.05, 0.1) is 0 Å². The molecule has 3 rings (SSSR count). The predicted molar refractivity (Wildman–Crippen MR) is 121 cm³/mol. The molecule has 0 fully saturated rings. The van der Waals surface area contributed by atoms with Gasteiger partial charge in [0.25, 0.3) is 0 Å². The van der Waals surface area contributed by atoms with Crippen molar-refractivity contribution < 1.29 is 24.2 Å². The minimum atomic E-state index is -0.827. The highest BCUT2D eigenvalue weighted by Crippen LogP contribution is 2.44. The third-order valence-corrected chi connectivity index (χ3v) is 5.75. The maximum Gasteiger partial charge on any atom is 0.407 e. The fraction of sp³-hybridized carbons (Fsp3) is 0.400. The number of hydrogen-bond acceptors (Lipinski definition) is 4. The Morgan fingerprint density at radius 1 is 0.969 bits per heavy atom. The Labute approximate surface area is 188 Å². The van der Waals surface area contributed by atoms with Gasteiger partial charge in [-0.15, -0.1) is 0 Å². The molecule has 170 valence electrons. The Kier molecular flexibility index (Phi) is 8.25. The zero-order chi connectivity index (χ0) is 22.9. The summed E-state index contributed by atoms with van der Waals surface area (Å²) < 4.78 is 5.48. The zero-order valence-corrected chi connectivity index (χ0v) is 18.4. The van der Waals surface area contributed by atoms with Crippen LogP contribution < -0.4 is 5.32 Å². The first-order valence-electron chi connectivity index (χ1n) is 11.1. The van der Waals surface area contributed by atoms with Crippen LogP contribution in [0.5, 0.6) is 0 Å². The van der Waals surface area contributed by atoms with Crippen molar-refractivity contribution in [2.24, 2.45) is 0 Å². The van der Waals surface area contributed by atoms with E-state index in [0.717, 1.165) is 11.1 Å². The van der Waals surface area contributed by atoms with Gasteiger partial charge in [-0.1, -0.05) is 48.5 Å².